The molecule has 17 heavy (non-hydrogen) atoms. The van der Waals surface area contributed by atoms with Crippen LogP contribution < -0.4 is 0 Å². The van der Waals surface area contributed by atoms with Gasteiger partial charge in [0.15, 0.2) is 0 Å². The zero-order valence-corrected chi connectivity index (χ0v) is 11.6. The van der Waals surface area contributed by atoms with Gasteiger partial charge in [-0.3, -0.25) is 0 Å². The van der Waals surface area contributed by atoms with Gasteiger partial charge in [-0.25, -0.2) is 0 Å². The highest BCUT2D eigenvalue weighted by Gasteiger charge is 2.14. The van der Waals surface area contributed by atoms with Crippen molar-refractivity contribution in [2.45, 2.75) is 19.4 Å². The van der Waals surface area contributed by atoms with E-state index in [2.05, 4.69) is 15.9 Å². The molecule has 2 rings (SSSR count). The summed E-state index contributed by atoms with van der Waals surface area (Å²) in [6, 6.07) is 9.23. The van der Waals surface area contributed by atoms with Crippen LogP contribution >= 0.6 is 27.5 Å². The average molecular weight is 316 g/mol. The molecule has 0 saturated carbocycles. The highest BCUT2D eigenvalue weighted by Crippen LogP contribution is 2.27. The lowest BCUT2D eigenvalue weighted by molar-refractivity contribution is 0.149. The minimum absolute atomic E-state index is 0.444. The van der Waals surface area contributed by atoms with E-state index in [4.69, 9.17) is 16.0 Å². The van der Waals surface area contributed by atoms with Crippen LogP contribution in [0.5, 0.6) is 0 Å². The largest absolute Gasteiger partial charge is 0.464 e. The van der Waals surface area contributed by atoms with Gasteiger partial charge in [-0.05, 0) is 36.8 Å². The number of aliphatic hydroxyl groups is 1. The minimum Gasteiger partial charge on any atom is -0.464 e. The van der Waals surface area contributed by atoms with Crippen LogP contribution in [0.3, 0.4) is 0 Å². The summed E-state index contributed by atoms with van der Waals surface area (Å²) in [5.74, 6) is 1.36. The smallest absolute Gasteiger partial charge is 0.132 e. The Morgan fingerprint density at radius 2 is 2.12 bits per heavy atom. The molecule has 0 aliphatic heterocycles. The molecule has 1 aromatic carbocycles. The zero-order chi connectivity index (χ0) is 12.4. The van der Waals surface area contributed by atoms with Gasteiger partial charge in [0.05, 0.1) is 0 Å². The molecule has 0 aliphatic rings. The quantitative estimate of drug-likeness (QED) is 0.917. The number of benzene rings is 1. The summed E-state index contributed by atoms with van der Waals surface area (Å²) in [4.78, 5) is 0. The lowest BCUT2D eigenvalue weighted by atomic mass is 10.1. The topological polar surface area (TPSA) is 33.4 Å². The van der Waals surface area contributed by atoms with E-state index in [1.54, 1.807) is 6.07 Å². The van der Waals surface area contributed by atoms with Gasteiger partial charge in [0.2, 0.25) is 0 Å². The average Bonchev–Trinajstić information content (AvgIpc) is 2.69. The number of rotatable bonds is 3. The number of furan rings is 1. The molecule has 4 heteroatoms. The molecular weight excluding hydrogens is 303 g/mol. The first-order valence-electron chi connectivity index (χ1n) is 5.24. The molecule has 2 aromatic rings. The second-order valence-corrected chi connectivity index (χ2v) is 5.23. The Balaban J connectivity index is 2.15. The molecule has 0 amide bonds. The van der Waals surface area contributed by atoms with Crippen molar-refractivity contribution in [3.63, 3.8) is 0 Å². The Kier molecular flexibility index (Phi) is 3.92. The van der Waals surface area contributed by atoms with Crippen LogP contribution in [-0.4, -0.2) is 5.11 Å². The van der Waals surface area contributed by atoms with Crippen LogP contribution in [0.4, 0.5) is 0 Å². The van der Waals surface area contributed by atoms with Crippen LogP contribution in [0.25, 0.3) is 0 Å². The van der Waals surface area contributed by atoms with Crippen LogP contribution in [-0.2, 0) is 6.42 Å². The molecule has 1 atom stereocenters. The van der Waals surface area contributed by atoms with Crippen LogP contribution in [0, 0.1) is 6.92 Å². The molecule has 0 saturated heterocycles. The minimum atomic E-state index is -0.664. The second kappa shape index (κ2) is 5.25. The van der Waals surface area contributed by atoms with Crippen molar-refractivity contribution in [1.29, 1.82) is 0 Å². The van der Waals surface area contributed by atoms with E-state index >= 15 is 0 Å². The van der Waals surface area contributed by atoms with Crippen molar-refractivity contribution in [2.24, 2.45) is 0 Å². The van der Waals surface area contributed by atoms with Gasteiger partial charge >= 0.3 is 0 Å². The maximum absolute atomic E-state index is 10.0. The molecule has 0 spiro atoms. The van der Waals surface area contributed by atoms with Gasteiger partial charge in [-0.1, -0.05) is 33.6 Å². The van der Waals surface area contributed by atoms with E-state index in [0.717, 1.165) is 15.8 Å². The van der Waals surface area contributed by atoms with Crippen LogP contribution in [0.1, 0.15) is 23.2 Å². The molecule has 0 bridgehead atoms. The van der Waals surface area contributed by atoms with Gasteiger partial charge < -0.3 is 9.52 Å². The van der Waals surface area contributed by atoms with E-state index in [9.17, 15) is 5.11 Å². The van der Waals surface area contributed by atoms with Crippen molar-refractivity contribution in [3.8, 4) is 0 Å². The van der Waals surface area contributed by atoms with E-state index in [1.807, 2.05) is 31.2 Å². The summed E-state index contributed by atoms with van der Waals surface area (Å²) in [6.45, 7) is 1.85. The fourth-order valence-corrected chi connectivity index (χ4v) is 2.38. The summed E-state index contributed by atoms with van der Waals surface area (Å²) >= 11 is 9.44. The van der Waals surface area contributed by atoms with Crippen molar-refractivity contribution in [2.75, 3.05) is 0 Å². The third kappa shape index (κ3) is 3.12. The van der Waals surface area contributed by atoms with Gasteiger partial charge in [0.1, 0.15) is 17.6 Å². The molecule has 1 N–H and O–H groups in total. The molecule has 2 nitrogen and oxygen atoms in total. The highest BCUT2D eigenvalue weighted by atomic mass is 79.9. The summed E-state index contributed by atoms with van der Waals surface area (Å²) in [5.41, 5.74) is 0.899. The molecule has 0 radical (unpaired) electrons. The summed E-state index contributed by atoms with van der Waals surface area (Å²) in [6.07, 6.45) is -0.221. The predicted molar refractivity (Wildman–Crippen MR) is 71.3 cm³/mol. The Morgan fingerprint density at radius 3 is 2.71 bits per heavy atom. The van der Waals surface area contributed by atoms with Crippen LogP contribution in [0.2, 0.25) is 5.02 Å². The second-order valence-electron chi connectivity index (χ2n) is 3.90. The lowest BCUT2D eigenvalue weighted by Crippen LogP contribution is -2.01. The summed E-state index contributed by atoms with van der Waals surface area (Å²) in [7, 11) is 0. The number of hydrogen-bond acceptors (Lipinski definition) is 2. The van der Waals surface area contributed by atoms with E-state index in [1.165, 1.54) is 0 Å². The van der Waals surface area contributed by atoms with E-state index < -0.39 is 6.10 Å². The van der Waals surface area contributed by atoms with Crippen molar-refractivity contribution < 1.29 is 9.52 Å². The lowest BCUT2D eigenvalue weighted by Gasteiger charge is -2.09. The van der Waals surface area contributed by atoms with Crippen LogP contribution in [0.15, 0.2) is 39.2 Å². The van der Waals surface area contributed by atoms with Crippen molar-refractivity contribution in [1.82, 2.24) is 0 Å². The Labute approximate surface area is 113 Å². The highest BCUT2D eigenvalue weighted by molar-refractivity contribution is 9.10. The predicted octanol–water partition coefficient (Wildman–Crippen LogP) is 4.28. The van der Waals surface area contributed by atoms with Crippen molar-refractivity contribution in [3.05, 3.63) is 56.9 Å². The SMILES string of the molecule is Cc1ccc(C(O)Cc2ccc(Br)cc2Cl)o1. The number of aryl methyl sites for hydroxylation is 1. The maximum Gasteiger partial charge on any atom is 0.132 e. The van der Waals surface area contributed by atoms with Gasteiger partial charge in [0.25, 0.3) is 0 Å². The van der Waals surface area contributed by atoms with Gasteiger partial charge in [0, 0.05) is 15.9 Å². The first kappa shape index (κ1) is 12.7. The Morgan fingerprint density at radius 1 is 1.35 bits per heavy atom. The maximum atomic E-state index is 10.0. The molecular formula is C13H12BrClO2. The molecule has 1 aromatic heterocycles. The van der Waals surface area contributed by atoms with Gasteiger partial charge in [-0.2, -0.15) is 0 Å². The first-order chi connectivity index (χ1) is 8.06. The monoisotopic (exact) mass is 314 g/mol. The fraction of sp³-hybridized carbons (Fsp3) is 0.231. The molecule has 0 aliphatic carbocycles. The Hall–Kier alpha value is -0.770. The number of aliphatic hydroxyl groups excluding tert-OH is 1. The third-order valence-electron chi connectivity index (χ3n) is 2.52. The fourth-order valence-electron chi connectivity index (χ4n) is 1.63. The molecule has 1 unspecified atom stereocenters. The first-order valence-corrected chi connectivity index (χ1v) is 6.41. The molecule has 90 valence electrons. The van der Waals surface area contributed by atoms with Crippen molar-refractivity contribution >= 4 is 27.5 Å². The Bertz CT molecular complexity index is 522. The summed E-state index contributed by atoms with van der Waals surface area (Å²) in [5, 5.41) is 10.7. The zero-order valence-electron chi connectivity index (χ0n) is 9.28. The third-order valence-corrected chi connectivity index (χ3v) is 3.36. The molecule has 0 fully saturated rings. The number of hydrogen-bond donors (Lipinski definition) is 1. The van der Waals surface area contributed by atoms with Gasteiger partial charge in [-0.15, -0.1) is 0 Å². The molecule has 1 heterocycles. The van der Waals surface area contributed by atoms with E-state index in [-0.39, 0.29) is 0 Å². The van der Waals surface area contributed by atoms with E-state index in [0.29, 0.717) is 17.2 Å². The summed E-state index contributed by atoms with van der Waals surface area (Å²) < 4.78 is 6.30. The normalized spacial score (nSPS) is 12.7. The number of halogens is 2. The standard InChI is InChI=1S/C13H12BrClO2/c1-8-2-5-13(17-8)12(16)6-9-3-4-10(14)7-11(9)15/h2-5,7,12,16H,6H2,1H3.